The van der Waals surface area contributed by atoms with Gasteiger partial charge in [-0.25, -0.2) is 4.79 Å². The molecular weight excluding hydrogens is 553 g/mol. The summed E-state index contributed by atoms with van der Waals surface area (Å²) >= 11 is 11.5. The SMILES string of the molecule is CN(Cc1ccc(Cl)cc1C(=O)O)[C@H](OCC1(CO)CC1)c1ccc(C(C)(C)O)cc1C=O.Clc1ccccc1. The zero-order chi connectivity index (χ0) is 29.5. The second-order valence-electron chi connectivity index (χ2n) is 10.7. The highest BCUT2D eigenvalue weighted by molar-refractivity contribution is 6.31. The van der Waals surface area contributed by atoms with E-state index in [-0.39, 0.29) is 24.1 Å². The van der Waals surface area contributed by atoms with Crippen LogP contribution in [0.2, 0.25) is 10.0 Å². The Hall–Kier alpha value is -2.78. The molecule has 0 radical (unpaired) electrons. The van der Waals surface area contributed by atoms with Gasteiger partial charge in [0.15, 0.2) is 0 Å². The van der Waals surface area contributed by atoms with E-state index in [4.69, 9.17) is 27.9 Å². The van der Waals surface area contributed by atoms with E-state index >= 15 is 0 Å². The van der Waals surface area contributed by atoms with Crippen LogP contribution in [0.25, 0.3) is 0 Å². The lowest BCUT2D eigenvalue weighted by molar-refractivity contribution is -0.0780. The van der Waals surface area contributed by atoms with Gasteiger partial charge in [0, 0.05) is 33.1 Å². The molecule has 0 amide bonds. The number of aliphatic hydroxyl groups excluding tert-OH is 1. The molecule has 1 aliphatic rings. The van der Waals surface area contributed by atoms with Gasteiger partial charge in [0.1, 0.15) is 12.5 Å². The molecule has 40 heavy (non-hydrogen) atoms. The van der Waals surface area contributed by atoms with Crippen molar-refractivity contribution in [2.45, 2.75) is 45.1 Å². The number of halogens is 2. The number of carboxylic acids is 1. The summed E-state index contributed by atoms with van der Waals surface area (Å²) in [6.45, 7) is 3.82. The third-order valence-electron chi connectivity index (χ3n) is 6.88. The molecule has 3 N–H and O–H groups in total. The van der Waals surface area contributed by atoms with E-state index in [9.17, 15) is 24.9 Å². The fourth-order valence-electron chi connectivity index (χ4n) is 4.17. The Morgan fingerprint density at radius 1 is 1.07 bits per heavy atom. The van der Waals surface area contributed by atoms with Gasteiger partial charge in [0.2, 0.25) is 0 Å². The van der Waals surface area contributed by atoms with Gasteiger partial charge < -0.3 is 20.1 Å². The highest BCUT2D eigenvalue weighted by Gasteiger charge is 2.43. The molecule has 0 saturated heterocycles. The van der Waals surface area contributed by atoms with Crippen molar-refractivity contribution in [3.05, 3.63) is 105 Å². The quantitative estimate of drug-likeness (QED) is 0.177. The third-order valence-corrected chi connectivity index (χ3v) is 7.37. The Balaban J connectivity index is 0.000000547. The predicted molar refractivity (Wildman–Crippen MR) is 156 cm³/mol. The first-order chi connectivity index (χ1) is 18.9. The summed E-state index contributed by atoms with van der Waals surface area (Å²) in [4.78, 5) is 25.5. The van der Waals surface area contributed by atoms with Gasteiger partial charge in [-0.15, -0.1) is 0 Å². The van der Waals surface area contributed by atoms with Gasteiger partial charge in [-0.2, -0.15) is 0 Å². The van der Waals surface area contributed by atoms with E-state index in [1.165, 1.54) is 6.07 Å². The molecule has 1 aliphatic carbocycles. The number of ether oxygens (including phenoxy) is 1. The van der Waals surface area contributed by atoms with Crippen molar-refractivity contribution >= 4 is 35.5 Å². The average Bonchev–Trinajstić information content (AvgIpc) is 3.70. The molecule has 0 aliphatic heterocycles. The van der Waals surface area contributed by atoms with E-state index in [2.05, 4.69) is 0 Å². The summed E-state index contributed by atoms with van der Waals surface area (Å²) in [5, 5.41) is 30.8. The Bertz CT molecular complexity index is 1300. The Morgan fingerprint density at radius 2 is 1.75 bits per heavy atom. The molecule has 0 spiro atoms. The molecule has 4 rings (SSSR count). The smallest absolute Gasteiger partial charge is 0.336 e. The van der Waals surface area contributed by atoms with Crippen molar-refractivity contribution in [3.63, 3.8) is 0 Å². The number of carboxylic acid groups (broad SMARTS) is 1. The van der Waals surface area contributed by atoms with Gasteiger partial charge in [-0.05, 0) is 75.2 Å². The zero-order valence-corrected chi connectivity index (χ0v) is 24.3. The van der Waals surface area contributed by atoms with Gasteiger partial charge >= 0.3 is 5.97 Å². The summed E-state index contributed by atoms with van der Waals surface area (Å²) in [6, 6.07) is 19.3. The molecule has 0 unspecified atom stereocenters. The fourth-order valence-corrected chi connectivity index (χ4v) is 4.49. The van der Waals surface area contributed by atoms with Crippen LogP contribution >= 0.6 is 23.2 Å². The normalized spacial score (nSPS) is 14.7. The maximum absolute atomic E-state index is 12.0. The highest BCUT2D eigenvalue weighted by atomic mass is 35.5. The number of carbonyl (C=O) groups excluding carboxylic acids is 1. The lowest BCUT2D eigenvalue weighted by Gasteiger charge is -2.31. The van der Waals surface area contributed by atoms with Crippen LogP contribution in [0.4, 0.5) is 0 Å². The average molecular weight is 589 g/mol. The third kappa shape index (κ3) is 8.61. The number of aliphatic hydroxyl groups is 2. The lowest BCUT2D eigenvalue weighted by atomic mass is 9.93. The predicted octanol–water partition coefficient (Wildman–Crippen LogP) is 6.34. The van der Waals surface area contributed by atoms with E-state index in [1.807, 2.05) is 35.2 Å². The lowest BCUT2D eigenvalue weighted by Crippen LogP contribution is -2.31. The summed E-state index contributed by atoms with van der Waals surface area (Å²) in [5.74, 6) is -1.08. The van der Waals surface area contributed by atoms with Crippen LogP contribution in [-0.4, -0.2) is 52.7 Å². The number of hydrogen-bond donors (Lipinski definition) is 3. The van der Waals surface area contributed by atoms with Crippen LogP contribution < -0.4 is 0 Å². The molecule has 0 aromatic heterocycles. The van der Waals surface area contributed by atoms with Crippen LogP contribution in [0, 0.1) is 5.41 Å². The Kier molecular flexibility index (Phi) is 10.9. The minimum atomic E-state index is -1.12. The van der Waals surface area contributed by atoms with Gasteiger partial charge in [-0.1, -0.05) is 59.6 Å². The number of carbonyl (C=O) groups is 2. The van der Waals surface area contributed by atoms with Crippen molar-refractivity contribution in [2.75, 3.05) is 20.3 Å². The van der Waals surface area contributed by atoms with Crippen LogP contribution in [0.15, 0.2) is 66.7 Å². The maximum Gasteiger partial charge on any atom is 0.336 e. The Labute approximate surface area is 244 Å². The van der Waals surface area contributed by atoms with E-state index in [0.29, 0.717) is 33.9 Å². The van der Waals surface area contributed by atoms with Crippen molar-refractivity contribution < 1.29 is 29.6 Å². The number of benzene rings is 3. The number of rotatable bonds is 11. The fraction of sp³-hybridized carbons (Fsp3) is 0.355. The van der Waals surface area contributed by atoms with E-state index in [0.717, 1.165) is 24.2 Å². The van der Waals surface area contributed by atoms with E-state index < -0.39 is 17.8 Å². The molecule has 1 atom stereocenters. The number of aldehydes is 1. The largest absolute Gasteiger partial charge is 0.478 e. The maximum atomic E-state index is 12.0. The van der Waals surface area contributed by atoms with Crippen molar-refractivity contribution in [1.82, 2.24) is 4.90 Å². The molecule has 214 valence electrons. The molecule has 3 aromatic carbocycles. The monoisotopic (exact) mass is 587 g/mol. The molecule has 1 fully saturated rings. The molecule has 9 heteroatoms. The molecule has 7 nitrogen and oxygen atoms in total. The van der Waals surface area contributed by atoms with Crippen LogP contribution in [0.5, 0.6) is 0 Å². The first-order valence-corrected chi connectivity index (χ1v) is 13.6. The molecule has 0 heterocycles. The highest BCUT2D eigenvalue weighted by Crippen LogP contribution is 2.46. The topological polar surface area (TPSA) is 107 Å². The standard InChI is InChI=1S/C25H30ClNO6.C6H5Cl/c1-24(2,32)18-5-7-20(17(10-18)13-28)22(33-15-25(14-29)8-9-25)27(3)12-16-4-6-19(26)11-21(16)23(30)31;7-6-4-2-1-3-5-6/h4-7,10-11,13,22,29,32H,8-9,12,14-15H2,1-3H3,(H,30,31);1-5H/t22-;/m1./s1. The van der Waals surface area contributed by atoms with E-state index in [1.54, 1.807) is 51.2 Å². The molecule has 0 bridgehead atoms. The Morgan fingerprint density at radius 3 is 2.25 bits per heavy atom. The van der Waals surface area contributed by atoms with Gasteiger partial charge in [0.05, 0.1) is 24.4 Å². The summed E-state index contributed by atoms with van der Waals surface area (Å²) in [6.07, 6.45) is 1.76. The van der Waals surface area contributed by atoms with Crippen molar-refractivity contribution in [3.8, 4) is 0 Å². The van der Waals surface area contributed by atoms with Crippen molar-refractivity contribution in [1.29, 1.82) is 0 Å². The van der Waals surface area contributed by atoms with Crippen LogP contribution in [0.1, 0.15) is 70.3 Å². The summed E-state index contributed by atoms with van der Waals surface area (Å²) < 4.78 is 6.24. The minimum absolute atomic E-state index is 0.0158. The first kappa shape index (κ1) is 31.7. The minimum Gasteiger partial charge on any atom is -0.478 e. The molecular formula is C31H35Cl2NO6. The summed E-state index contributed by atoms with van der Waals surface area (Å²) in [7, 11) is 1.78. The number of nitrogens with zero attached hydrogens (tertiary/aromatic N) is 1. The number of aromatic carboxylic acids is 1. The second kappa shape index (κ2) is 13.7. The van der Waals surface area contributed by atoms with Crippen LogP contribution in [0.3, 0.4) is 0 Å². The van der Waals surface area contributed by atoms with Crippen molar-refractivity contribution in [2.24, 2.45) is 5.41 Å². The molecule has 1 saturated carbocycles. The second-order valence-corrected chi connectivity index (χ2v) is 11.5. The van der Waals surface area contributed by atoms with Gasteiger partial charge in [-0.3, -0.25) is 9.69 Å². The zero-order valence-electron chi connectivity index (χ0n) is 22.8. The summed E-state index contributed by atoms with van der Waals surface area (Å²) in [5.41, 5.74) is 0.805. The number of hydrogen-bond acceptors (Lipinski definition) is 6. The van der Waals surface area contributed by atoms with Gasteiger partial charge in [0.25, 0.3) is 0 Å². The first-order valence-electron chi connectivity index (χ1n) is 12.9. The van der Waals surface area contributed by atoms with Crippen LogP contribution in [-0.2, 0) is 16.9 Å². The molecule has 3 aromatic rings.